The predicted octanol–water partition coefficient (Wildman–Crippen LogP) is 4.58. The minimum absolute atomic E-state index is 0.281. The third-order valence-corrected chi connectivity index (χ3v) is 4.68. The fraction of sp³-hybridized carbons (Fsp3) is 0.0870. The Morgan fingerprint density at radius 3 is 2.20 bits per heavy atom. The van der Waals surface area contributed by atoms with Crippen molar-refractivity contribution in [3.8, 4) is 5.75 Å². The maximum Gasteiger partial charge on any atom is 0.337 e. The van der Waals surface area contributed by atoms with E-state index in [9.17, 15) is 9.59 Å². The monoisotopic (exact) mass is 466 g/mol. The third-order valence-electron chi connectivity index (χ3n) is 4.15. The van der Waals surface area contributed by atoms with Gasteiger partial charge in [-0.1, -0.05) is 28.1 Å². The van der Waals surface area contributed by atoms with Crippen LogP contribution >= 0.6 is 15.9 Å². The molecule has 3 rings (SSSR count). The lowest BCUT2D eigenvalue weighted by Crippen LogP contribution is -2.17. The second-order valence-corrected chi connectivity index (χ2v) is 7.17. The first kappa shape index (κ1) is 21.3. The summed E-state index contributed by atoms with van der Waals surface area (Å²) in [5, 5.41) is 3.98. The fourth-order valence-electron chi connectivity index (χ4n) is 2.50. The van der Waals surface area contributed by atoms with E-state index in [1.807, 2.05) is 36.4 Å². The van der Waals surface area contributed by atoms with Crippen LogP contribution in [0.5, 0.6) is 5.75 Å². The Morgan fingerprint density at radius 1 is 0.933 bits per heavy atom. The first-order valence-electron chi connectivity index (χ1n) is 9.04. The third kappa shape index (κ3) is 6.02. The molecule has 3 aromatic carbocycles. The van der Waals surface area contributed by atoms with Crippen molar-refractivity contribution in [2.24, 2.45) is 5.10 Å². The molecule has 30 heavy (non-hydrogen) atoms. The van der Waals surface area contributed by atoms with Gasteiger partial charge in [0, 0.05) is 10.0 Å². The number of carbonyl (C=O) groups excluding carboxylic acids is 2. The van der Waals surface area contributed by atoms with Gasteiger partial charge in [-0.25, -0.2) is 10.2 Å². The molecular weight excluding hydrogens is 448 g/mol. The van der Waals surface area contributed by atoms with Gasteiger partial charge >= 0.3 is 5.97 Å². The van der Waals surface area contributed by atoms with Crippen molar-refractivity contribution in [1.82, 2.24) is 5.43 Å². The summed E-state index contributed by atoms with van der Waals surface area (Å²) in [6.45, 7) is 0.373. The maximum absolute atomic E-state index is 12.0. The van der Waals surface area contributed by atoms with Gasteiger partial charge in [0.1, 0.15) is 12.4 Å². The lowest BCUT2D eigenvalue weighted by Gasteiger charge is -2.07. The van der Waals surface area contributed by atoms with Crippen LogP contribution in [0, 0.1) is 0 Å². The molecule has 0 spiro atoms. The van der Waals surface area contributed by atoms with E-state index in [0.717, 1.165) is 15.6 Å². The number of methoxy groups -OCH3 is 1. The Balaban J connectivity index is 1.49. The van der Waals surface area contributed by atoms with Gasteiger partial charge < -0.3 is 9.47 Å². The van der Waals surface area contributed by atoms with Crippen LogP contribution in [0.1, 0.15) is 31.8 Å². The molecule has 0 aliphatic rings. The number of benzene rings is 3. The Morgan fingerprint density at radius 2 is 1.57 bits per heavy atom. The summed E-state index contributed by atoms with van der Waals surface area (Å²) in [6, 6.07) is 21.4. The highest BCUT2D eigenvalue weighted by Crippen LogP contribution is 2.14. The number of ether oxygens (including phenoxy) is 2. The lowest BCUT2D eigenvalue weighted by molar-refractivity contribution is 0.0600. The molecule has 7 heteroatoms. The van der Waals surface area contributed by atoms with Crippen LogP contribution in [0.4, 0.5) is 0 Å². The Labute approximate surface area is 182 Å². The van der Waals surface area contributed by atoms with E-state index in [4.69, 9.17) is 4.74 Å². The highest BCUT2D eigenvalue weighted by molar-refractivity contribution is 9.10. The van der Waals surface area contributed by atoms with Crippen LogP contribution in [-0.4, -0.2) is 25.2 Å². The van der Waals surface area contributed by atoms with E-state index in [1.54, 1.807) is 42.6 Å². The Hall–Kier alpha value is -3.45. The second-order valence-electron chi connectivity index (χ2n) is 6.25. The van der Waals surface area contributed by atoms with Crippen LogP contribution in [0.15, 0.2) is 82.4 Å². The molecule has 0 radical (unpaired) electrons. The van der Waals surface area contributed by atoms with E-state index in [0.29, 0.717) is 23.5 Å². The molecule has 0 unspecified atom stereocenters. The number of hydrogen-bond donors (Lipinski definition) is 1. The molecule has 0 saturated heterocycles. The molecule has 0 aliphatic heterocycles. The van der Waals surface area contributed by atoms with Crippen LogP contribution < -0.4 is 10.2 Å². The number of halogens is 1. The average Bonchev–Trinajstić information content (AvgIpc) is 2.78. The van der Waals surface area contributed by atoms with E-state index in [-0.39, 0.29) is 11.9 Å². The predicted molar refractivity (Wildman–Crippen MR) is 118 cm³/mol. The molecule has 0 bridgehead atoms. The molecule has 3 aromatic rings. The Kier molecular flexibility index (Phi) is 7.34. The summed E-state index contributed by atoms with van der Waals surface area (Å²) in [5.41, 5.74) is 5.27. The largest absolute Gasteiger partial charge is 0.489 e. The zero-order chi connectivity index (χ0) is 21.3. The van der Waals surface area contributed by atoms with Gasteiger partial charge in [-0.2, -0.15) is 5.10 Å². The van der Waals surface area contributed by atoms with Gasteiger partial charge in [0.25, 0.3) is 5.91 Å². The summed E-state index contributed by atoms with van der Waals surface area (Å²) in [7, 11) is 1.35. The van der Waals surface area contributed by atoms with E-state index in [1.165, 1.54) is 7.11 Å². The standard InChI is InChI=1S/C23H19BrN2O4/c1-29-23(28)19-6-2-17(3-7-19)15-30-21-12-4-16(5-13-21)14-25-26-22(27)18-8-10-20(24)11-9-18/h2-14H,15H2,1H3,(H,26,27)/b25-14+. The number of carbonyl (C=O) groups is 2. The number of amides is 1. The molecular formula is C23H19BrN2O4. The van der Waals surface area contributed by atoms with E-state index < -0.39 is 0 Å². The molecule has 1 N–H and O–H groups in total. The zero-order valence-corrected chi connectivity index (χ0v) is 17.8. The van der Waals surface area contributed by atoms with Crippen molar-refractivity contribution in [2.75, 3.05) is 7.11 Å². The minimum Gasteiger partial charge on any atom is -0.489 e. The van der Waals surface area contributed by atoms with Crippen molar-refractivity contribution >= 4 is 34.0 Å². The van der Waals surface area contributed by atoms with Gasteiger partial charge in [0.05, 0.1) is 18.9 Å². The molecule has 0 atom stereocenters. The summed E-state index contributed by atoms with van der Waals surface area (Å²) in [4.78, 5) is 23.5. The first-order valence-corrected chi connectivity index (χ1v) is 9.83. The van der Waals surface area contributed by atoms with Crippen LogP contribution in [0.25, 0.3) is 0 Å². The van der Waals surface area contributed by atoms with E-state index >= 15 is 0 Å². The highest BCUT2D eigenvalue weighted by Gasteiger charge is 2.05. The van der Waals surface area contributed by atoms with Crippen molar-refractivity contribution < 1.29 is 19.1 Å². The van der Waals surface area contributed by atoms with Crippen molar-refractivity contribution in [3.63, 3.8) is 0 Å². The average molecular weight is 467 g/mol. The molecule has 1 amide bonds. The van der Waals surface area contributed by atoms with Gasteiger partial charge in [-0.05, 0) is 71.8 Å². The fourth-order valence-corrected chi connectivity index (χ4v) is 2.77. The molecule has 6 nitrogen and oxygen atoms in total. The van der Waals surface area contributed by atoms with Crippen LogP contribution in [0.3, 0.4) is 0 Å². The lowest BCUT2D eigenvalue weighted by atomic mass is 10.1. The summed E-state index contributed by atoms with van der Waals surface area (Å²) < 4.78 is 11.3. The quantitative estimate of drug-likeness (QED) is 0.314. The van der Waals surface area contributed by atoms with Gasteiger partial charge in [0.2, 0.25) is 0 Å². The molecule has 0 heterocycles. The smallest absolute Gasteiger partial charge is 0.337 e. The number of nitrogens with one attached hydrogen (secondary N) is 1. The Bertz CT molecular complexity index is 1030. The number of nitrogens with zero attached hydrogens (tertiary/aromatic N) is 1. The minimum atomic E-state index is -0.368. The first-order chi connectivity index (χ1) is 14.5. The summed E-state index contributed by atoms with van der Waals surface area (Å²) >= 11 is 3.33. The van der Waals surface area contributed by atoms with Gasteiger partial charge in [0.15, 0.2) is 0 Å². The number of rotatable bonds is 7. The van der Waals surface area contributed by atoms with E-state index in [2.05, 4.69) is 31.2 Å². The van der Waals surface area contributed by atoms with Crippen LogP contribution in [-0.2, 0) is 11.3 Å². The molecule has 0 fully saturated rings. The maximum atomic E-state index is 12.0. The van der Waals surface area contributed by atoms with Crippen molar-refractivity contribution in [2.45, 2.75) is 6.61 Å². The van der Waals surface area contributed by atoms with Gasteiger partial charge in [-0.15, -0.1) is 0 Å². The van der Waals surface area contributed by atoms with Crippen molar-refractivity contribution in [3.05, 3.63) is 99.5 Å². The highest BCUT2D eigenvalue weighted by atomic mass is 79.9. The number of hydrazone groups is 1. The normalized spacial score (nSPS) is 10.6. The molecule has 152 valence electrons. The van der Waals surface area contributed by atoms with Crippen molar-refractivity contribution in [1.29, 1.82) is 0 Å². The van der Waals surface area contributed by atoms with Gasteiger partial charge in [-0.3, -0.25) is 4.79 Å². The molecule has 0 saturated carbocycles. The molecule has 0 aliphatic carbocycles. The summed E-state index contributed by atoms with van der Waals surface area (Å²) in [5.74, 6) is 0.0489. The zero-order valence-electron chi connectivity index (χ0n) is 16.2. The summed E-state index contributed by atoms with van der Waals surface area (Å²) in [6.07, 6.45) is 1.56. The molecule has 0 aromatic heterocycles. The SMILES string of the molecule is COC(=O)c1ccc(COc2ccc(/C=N/NC(=O)c3ccc(Br)cc3)cc2)cc1. The number of hydrogen-bond acceptors (Lipinski definition) is 5. The van der Waals surface area contributed by atoms with Crippen LogP contribution in [0.2, 0.25) is 0 Å². The second kappa shape index (κ2) is 10.4. The topological polar surface area (TPSA) is 77.0 Å². The number of esters is 1.